The van der Waals surface area contributed by atoms with Crippen LogP contribution in [0.15, 0.2) is 30.3 Å². The normalized spacial score (nSPS) is 21.2. The Labute approximate surface area is 169 Å². The average molecular weight is 390 g/mol. The lowest BCUT2D eigenvalue weighted by Crippen LogP contribution is -2.55. The van der Waals surface area contributed by atoms with Crippen molar-refractivity contribution < 1.29 is 18.8 Å². The molecule has 1 heterocycles. The number of amides is 1. The summed E-state index contributed by atoms with van der Waals surface area (Å²) in [6, 6.07) is 9.55. The minimum absolute atomic E-state index is 0.256. The van der Waals surface area contributed by atoms with Gasteiger partial charge in [-0.15, -0.1) is 0 Å². The van der Waals surface area contributed by atoms with Gasteiger partial charge in [0.2, 0.25) is 5.91 Å². The third-order valence-electron chi connectivity index (χ3n) is 5.93. The largest absolute Gasteiger partial charge is 0.481 e. The van der Waals surface area contributed by atoms with Crippen molar-refractivity contribution in [1.29, 1.82) is 0 Å². The molecule has 1 aromatic carbocycles. The number of rotatable bonds is 9. The second-order valence-electron chi connectivity index (χ2n) is 8.58. The first-order valence-electron chi connectivity index (χ1n) is 10.1. The number of aryl methyl sites for hydroxylation is 1. The molecule has 1 aliphatic rings. The highest BCUT2D eigenvalue weighted by Gasteiger charge is 2.54. The Morgan fingerprint density at radius 3 is 2.29 bits per heavy atom. The quantitative estimate of drug-likeness (QED) is 0.633. The summed E-state index contributed by atoms with van der Waals surface area (Å²) in [4.78, 5) is 12.6. The smallest absolute Gasteiger partial charge is 0.402 e. The Kier molecular flexibility index (Phi) is 7.68. The van der Waals surface area contributed by atoms with E-state index in [9.17, 15) is 4.79 Å². The summed E-state index contributed by atoms with van der Waals surface area (Å²) in [5.41, 5.74) is 6.38. The highest BCUT2D eigenvalue weighted by atomic mass is 16.7. The summed E-state index contributed by atoms with van der Waals surface area (Å²) in [5.74, 6) is -0.541. The number of nitrogens with two attached hydrogens (primary N) is 1. The Bertz CT molecular complexity index is 623. The van der Waals surface area contributed by atoms with Crippen LogP contribution in [-0.4, -0.2) is 49.4 Å². The van der Waals surface area contributed by atoms with Crippen molar-refractivity contribution in [3.8, 4) is 0 Å². The number of hydrogen-bond donors (Lipinski definition) is 2. The zero-order valence-electron chi connectivity index (χ0n) is 18.0. The third kappa shape index (κ3) is 5.57. The summed E-state index contributed by atoms with van der Waals surface area (Å²) in [6.45, 7) is 9.82. The van der Waals surface area contributed by atoms with Gasteiger partial charge in [0.25, 0.3) is 0 Å². The monoisotopic (exact) mass is 390 g/mol. The van der Waals surface area contributed by atoms with Crippen molar-refractivity contribution in [3.05, 3.63) is 35.9 Å². The first kappa shape index (κ1) is 22.9. The standard InChI is InChI=1S/C21H35BN2O4/c1-15(26-6)18(23)19(25)24-17(14-10-13-16-11-8-7-9-12-16)22-27-20(2,3)21(4,5)28-22/h7-9,11-12,15,17-18H,10,13-14,23H2,1-6H3,(H,24,25)/t15-,17-,18+/m0/s1. The Morgan fingerprint density at radius 1 is 1.18 bits per heavy atom. The molecule has 0 aliphatic carbocycles. The number of benzene rings is 1. The maximum Gasteiger partial charge on any atom is 0.481 e. The summed E-state index contributed by atoms with van der Waals surface area (Å²) in [6.07, 6.45) is 2.18. The minimum Gasteiger partial charge on any atom is -0.402 e. The highest BCUT2D eigenvalue weighted by Crippen LogP contribution is 2.38. The summed E-state index contributed by atoms with van der Waals surface area (Å²) in [5, 5.41) is 3.04. The molecule has 6 nitrogen and oxygen atoms in total. The molecule has 0 spiro atoms. The lowest BCUT2D eigenvalue weighted by Gasteiger charge is -2.32. The molecule has 0 saturated carbocycles. The first-order valence-corrected chi connectivity index (χ1v) is 10.1. The van der Waals surface area contributed by atoms with E-state index in [1.807, 2.05) is 45.9 Å². The van der Waals surface area contributed by atoms with E-state index in [2.05, 4.69) is 17.4 Å². The molecule has 2 rings (SSSR count). The number of carbonyl (C=O) groups is 1. The lowest BCUT2D eigenvalue weighted by atomic mass is 9.75. The SMILES string of the molecule is CO[C@@H](C)[C@@H](N)C(=O)N[C@@H](CCCc1ccccc1)B1OC(C)(C)C(C)(C)O1. The molecule has 156 valence electrons. The van der Waals surface area contributed by atoms with Gasteiger partial charge in [0, 0.05) is 7.11 Å². The Hall–Kier alpha value is -1.41. The van der Waals surface area contributed by atoms with E-state index in [4.69, 9.17) is 19.8 Å². The van der Waals surface area contributed by atoms with E-state index in [-0.39, 0.29) is 18.0 Å². The molecule has 7 heteroatoms. The van der Waals surface area contributed by atoms with Gasteiger partial charge in [-0.2, -0.15) is 0 Å². The van der Waals surface area contributed by atoms with E-state index < -0.39 is 24.4 Å². The van der Waals surface area contributed by atoms with E-state index >= 15 is 0 Å². The molecule has 1 saturated heterocycles. The maximum atomic E-state index is 12.6. The van der Waals surface area contributed by atoms with Gasteiger partial charge in [-0.1, -0.05) is 30.3 Å². The third-order valence-corrected chi connectivity index (χ3v) is 5.93. The number of ether oxygens (including phenoxy) is 1. The number of nitrogens with one attached hydrogen (secondary N) is 1. The molecular formula is C21H35BN2O4. The molecule has 28 heavy (non-hydrogen) atoms. The van der Waals surface area contributed by atoms with Gasteiger partial charge >= 0.3 is 7.12 Å². The van der Waals surface area contributed by atoms with Gasteiger partial charge in [-0.3, -0.25) is 4.79 Å². The number of carbonyl (C=O) groups excluding carboxylic acids is 1. The van der Waals surface area contributed by atoms with Gasteiger partial charge in [0.15, 0.2) is 0 Å². The molecule has 3 atom stereocenters. The van der Waals surface area contributed by atoms with E-state index in [0.717, 1.165) is 19.3 Å². The zero-order valence-corrected chi connectivity index (χ0v) is 18.0. The summed E-state index contributed by atoms with van der Waals surface area (Å²) >= 11 is 0. The minimum atomic E-state index is -0.746. The van der Waals surface area contributed by atoms with Crippen LogP contribution >= 0.6 is 0 Å². The van der Waals surface area contributed by atoms with Crippen LogP contribution in [0.1, 0.15) is 53.0 Å². The van der Waals surface area contributed by atoms with Crippen LogP contribution in [0.5, 0.6) is 0 Å². The fourth-order valence-corrected chi connectivity index (χ4v) is 3.14. The second-order valence-corrected chi connectivity index (χ2v) is 8.58. The van der Waals surface area contributed by atoms with Crippen LogP contribution in [0.2, 0.25) is 0 Å². The van der Waals surface area contributed by atoms with Crippen LogP contribution in [0.3, 0.4) is 0 Å². The molecule has 1 aromatic rings. The van der Waals surface area contributed by atoms with Crippen LogP contribution in [0, 0.1) is 0 Å². The van der Waals surface area contributed by atoms with Gasteiger partial charge < -0.3 is 25.1 Å². The Balaban J connectivity index is 2.06. The average Bonchev–Trinajstić information content (AvgIpc) is 2.87. The van der Waals surface area contributed by atoms with Crippen LogP contribution in [-0.2, 0) is 25.3 Å². The van der Waals surface area contributed by atoms with Crippen molar-refractivity contribution in [2.45, 2.75) is 83.2 Å². The predicted octanol–water partition coefficient (Wildman–Crippen LogP) is 2.49. The molecule has 0 aromatic heterocycles. The molecule has 1 fully saturated rings. The van der Waals surface area contributed by atoms with Gasteiger partial charge in [0.1, 0.15) is 6.04 Å². The van der Waals surface area contributed by atoms with Gasteiger partial charge in [0.05, 0.1) is 23.2 Å². The zero-order chi connectivity index (χ0) is 20.9. The number of methoxy groups -OCH3 is 1. The predicted molar refractivity (Wildman–Crippen MR) is 112 cm³/mol. The molecule has 0 unspecified atom stereocenters. The summed E-state index contributed by atoms with van der Waals surface area (Å²) in [7, 11) is 1.03. The second kappa shape index (κ2) is 9.40. The van der Waals surface area contributed by atoms with Crippen LogP contribution in [0.4, 0.5) is 0 Å². The Morgan fingerprint density at radius 2 is 1.75 bits per heavy atom. The fourth-order valence-electron chi connectivity index (χ4n) is 3.14. The van der Waals surface area contributed by atoms with Crippen LogP contribution in [0.25, 0.3) is 0 Å². The fraction of sp³-hybridized carbons (Fsp3) is 0.667. The van der Waals surface area contributed by atoms with Gasteiger partial charge in [-0.25, -0.2) is 0 Å². The van der Waals surface area contributed by atoms with Gasteiger partial charge in [-0.05, 0) is 59.4 Å². The van der Waals surface area contributed by atoms with Crippen molar-refractivity contribution in [1.82, 2.24) is 5.32 Å². The molecule has 1 aliphatic heterocycles. The molecule has 0 bridgehead atoms. The number of hydrogen-bond acceptors (Lipinski definition) is 5. The first-order chi connectivity index (χ1) is 13.1. The molecule has 3 N–H and O–H groups in total. The maximum absolute atomic E-state index is 12.6. The van der Waals surface area contributed by atoms with E-state index in [0.29, 0.717) is 0 Å². The summed E-state index contributed by atoms with van der Waals surface area (Å²) < 4.78 is 17.6. The molecular weight excluding hydrogens is 355 g/mol. The van der Waals surface area contributed by atoms with Crippen LogP contribution < -0.4 is 11.1 Å². The van der Waals surface area contributed by atoms with Crippen molar-refractivity contribution >= 4 is 13.0 Å². The van der Waals surface area contributed by atoms with Crippen molar-refractivity contribution in [2.24, 2.45) is 5.73 Å². The lowest BCUT2D eigenvalue weighted by molar-refractivity contribution is -0.125. The topological polar surface area (TPSA) is 82.8 Å². The van der Waals surface area contributed by atoms with Crippen molar-refractivity contribution in [3.63, 3.8) is 0 Å². The van der Waals surface area contributed by atoms with E-state index in [1.165, 1.54) is 5.56 Å². The van der Waals surface area contributed by atoms with Crippen molar-refractivity contribution in [2.75, 3.05) is 7.11 Å². The van der Waals surface area contributed by atoms with E-state index in [1.54, 1.807) is 14.0 Å². The highest BCUT2D eigenvalue weighted by molar-refractivity contribution is 6.48. The molecule has 1 amide bonds. The molecule has 0 radical (unpaired) electrons.